The van der Waals surface area contributed by atoms with Crippen molar-refractivity contribution in [1.82, 2.24) is 9.38 Å². The molecule has 3 aromatic rings. The zero-order valence-electron chi connectivity index (χ0n) is 12.6. The highest BCUT2D eigenvalue weighted by molar-refractivity contribution is 9.10. The van der Waals surface area contributed by atoms with Crippen LogP contribution in [0.15, 0.2) is 41.0 Å². The largest absolute Gasteiger partial charge is 0.321 e. The lowest BCUT2D eigenvalue weighted by Gasteiger charge is -2.07. The van der Waals surface area contributed by atoms with Crippen molar-refractivity contribution in [2.24, 2.45) is 0 Å². The number of imidazole rings is 1. The summed E-state index contributed by atoms with van der Waals surface area (Å²) in [5, 5.41) is 2.93. The molecule has 1 aromatic carbocycles. The lowest BCUT2D eigenvalue weighted by Crippen LogP contribution is -2.15. The molecule has 112 valence electrons. The van der Waals surface area contributed by atoms with Gasteiger partial charge in [-0.2, -0.15) is 0 Å². The van der Waals surface area contributed by atoms with Crippen LogP contribution in [0, 0.1) is 20.8 Å². The number of hydrogen-bond donors (Lipinski definition) is 1. The molecule has 0 saturated carbocycles. The number of aryl methyl sites for hydroxylation is 3. The molecule has 0 radical (unpaired) electrons. The minimum atomic E-state index is -0.161. The van der Waals surface area contributed by atoms with Crippen LogP contribution in [0.3, 0.4) is 0 Å². The molecular weight excluding hydrogens is 342 g/mol. The van der Waals surface area contributed by atoms with Crippen LogP contribution < -0.4 is 5.32 Å². The lowest BCUT2D eigenvalue weighted by atomic mass is 10.2. The van der Waals surface area contributed by atoms with E-state index in [1.165, 1.54) is 0 Å². The highest BCUT2D eigenvalue weighted by atomic mass is 79.9. The molecule has 2 heterocycles. The number of fused-ring (bicyclic) bond motifs is 1. The number of amides is 1. The van der Waals surface area contributed by atoms with Crippen LogP contribution in [0.2, 0.25) is 0 Å². The fraction of sp³-hybridized carbons (Fsp3) is 0.176. The fourth-order valence-corrected chi connectivity index (χ4v) is 3.09. The summed E-state index contributed by atoms with van der Waals surface area (Å²) in [5.74, 6) is -0.161. The molecule has 1 amide bonds. The molecule has 3 rings (SSSR count). The number of carbonyl (C=O) groups excluding carboxylic acids is 1. The number of aromatic nitrogens is 2. The number of benzene rings is 1. The van der Waals surface area contributed by atoms with E-state index in [4.69, 9.17) is 0 Å². The first-order valence-corrected chi connectivity index (χ1v) is 7.78. The van der Waals surface area contributed by atoms with Gasteiger partial charge in [-0.3, -0.25) is 9.20 Å². The van der Waals surface area contributed by atoms with Gasteiger partial charge in [-0.05, 0) is 60.5 Å². The summed E-state index contributed by atoms with van der Waals surface area (Å²) >= 11 is 3.50. The molecule has 0 unspecified atom stereocenters. The van der Waals surface area contributed by atoms with Gasteiger partial charge in [0, 0.05) is 11.9 Å². The Labute approximate surface area is 137 Å². The van der Waals surface area contributed by atoms with Gasteiger partial charge in [0.1, 0.15) is 5.69 Å². The van der Waals surface area contributed by atoms with Gasteiger partial charge < -0.3 is 5.32 Å². The van der Waals surface area contributed by atoms with Crippen molar-refractivity contribution < 1.29 is 4.79 Å². The Kier molecular flexibility index (Phi) is 3.74. The minimum Gasteiger partial charge on any atom is -0.321 e. The first-order chi connectivity index (χ1) is 10.5. The molecule has 22 heavy (non-hydrogen) atoms. The summed E-state index contributed by atoms with van der Waals surface area (Å²) in [6.07, 6.45) is 1.92. The summed E-state index contributed by atoms with van der Waals surface area (Å²) in [4.78, 5) is 17.1. The second-order valence-electron chi connectivity index (χ2n) is 5.42. The van der Waals surface area contributed by atoms with Gasteiger partial charge >= 0.3 is 0 Å². The third-order valence-electron chi connectivity index (χ3n) is 3.51. The Balaban J connectivity index is 2.03. The second-order valence-corrected chi connectivity index (χ2v) is 6.28. The average Bonchev–Trinajstić information content (AvgIpc) is 2.78. The molecule has 2 aromatic heterocycles. The van der Waals surface area contributed by atoms with Crippen molar-refractivity contribution >= 4 is 33.2 Å². The SMILES string of the molecule is Cc1ccc(NC(=O)c2c(C)nc3c(Br)cc(C)cn23)cc1. The Bertz CT molecular complexity index is 866. The smallest absolute Gasteiger partial charge is 0.274 e. The molecule has 1 N–H and O–H groups in total. The molecule has 4 nitrogen and oxygen atoms in total. The van der Waals surface area contributed by atoms with Gasteiger partial charge in [-0.1, -0.05) is 17.7 Å². The van der Waals surface area contributed by atoms with E-state index < -0.39 is 0 Å². The van der Waals surface area contributed by atoms with E-state index in [2.05, 4.69) is 26.2 Å². The van der Waals surface area contributed by atoms with Crippen molar-refractivity contribution in [2.75, 3.05) is 5.32 Å². The van der Waals surface area contributed by atoms with Crippen LogP contribution in [0.25, 0.3) is 5.65 Å². The van der Waals surface area contributed by atoms with Gasteiger partial charge in [0.2, 0.25) is 0 Å². The third kappa shape index (κ3) is 2.64. The molecule has 0 aliphatic carbocycles. The number of hydrogen-bond acceptors (Lipinski definition) is 2. The van der Waals surface area contributed by atoms with E-state index in [-0.39, 0.29) is 5.91 Å². The number of pyridine rings is 1. The van der Waals surface area contributed by atoms with Crippen LogP contribution in [0.1, 0.15) is 27.3 Å². The van der Waals surface area contributed by atoms with Crippen LogP contribution in [-0.4, -0.2) is 15.3 Å². The summed E-state index contributed by atoms with van der Waals surface area (Å²) in [6.45, 7) is 5.85. The Morgan fingerprint density at radius 2 is 1.82 bits per heavy atom. The highest BCUT2D eigenvalue weighted by Gasteiger charge is 2.18. The minimum absolute atomic E-state index is 0.161. The van der Waals surface area contributed by atoms with Crippen molar-refractivity contribution in [2.45, 2.75) is 20.8 Å². The predicted octanol–water partition coefficient (Wildman–Crippen LogP) is 4.27. The third-order valence-corrected chi connectivity index (χ3v) is 4.09. The number of carbonyl (C=O) groups is 1. The maximum absolute atomic E-state index is 12.6. The molecule has 0 saturated heterocycles. The molecule has 0 aliphatic heterocycles. The number of halogens is 1. The Morgan fingerprint density at radius 1 is 1.14 bits per heavy atom. The molecule has 5 heteroatoms. The molecular formula is C17H16BrN3O. The highest BCUT2D eigenvalue weighted by Crippen LogP contribution is 2.23. The van der Waals surface area contributed by atoms with Crippen molar-refractivity contribution in [3.63, 3.8) is 0 Å². The second kappa shape index (κ2) is 5.57. The van der Waals surface area contributed by atoms with E-state index in [0.717, 1.165) is 26.9 Å². The first kappa shape index (κ1) is 14.8. The van der Waals surface area contributed by atoms with Gasteiger partial charge in [0.15, 0.2) is 5.65 Å². The zero-order chi connectivity index (χ0) is 15.9. The van der Waals surface area contributed by atoms with Gasteiger partial charge in [-0.25, -0.2) is 4.98 Å². The summed E-state index contributed by atoms with van der Waals surface area (Å²) in [6, 6.07) is 9.72. The molecule has 0 bridgehead atoms. The standard InChI is InChI=1S/C17H16BrN3O/c1-10-4-6-13(7-5-10)20-17(22)15-12(3)19-16-14(18)8-11(2)9-21(15)16/h4-9H,1-3H3,(H,20,22). The van der Waals surface area contributed by atoms with Crippen LogP contribution in [0.5, 0.6) is 0 Å². The van der Waals surface area contributed by atoms with E-state index in [1.54, 1.807) is 0 Å². The molecule has 0 fully saturated rings. The topological polar surface area (TPSA) is 46.4 Å². The Hall–Kier alpha value is -2.14. The predicted molar refractivity (Wildman–Crippen MR) is 91.5 cm³/mol. The molecule has 0 atom stereocenters. The van der Waals surface area contributed by atoms with Crippen LogP contribution in [-0.2, 0) is 0 Å². The summed E-state index contributed by atoms with van der Waals surface area (Å²) in [5.41, 5.74) is 4.99. The number of nitrogens with zero attached hydrogens (tertiary/aromatic N) is 2. The summed E-state index contributed by atoms with van der Waals surface area (Å²) < 4.78 is 2.71. The zero-order valence-corrected chi connectivity index (χ0v) is 14.2. The fourth-order valence-electron chi connectivity index (χ4n) is 2.45. The Morgan fingerprint density at radius 3 is 2.50 bits per heavy atom. The number of rotatable bonds is 2. The van der Waals surface area contributed by atoms with Crippen LogP contribution in [0.4, 0.5) is 5.69 Å². The van der Waals surface area contributed by atoms with E-state index in [1.807, 2.05) is 61.7 Å². The lowest BCUT2D eigenvalue weighted by molar-refractivity contribution is 0.102. The van der Waals surface area contributed by atoms with Crippen molar-refractivity contribution in [3.8, 4) is 0 Å². The first-order valence-electron chi connectivity index (χ1n) is 6.98. The quantitative estimate of drug-likeness (QED) is 0.744. The maximum atomic E-state index is 12.6. The summed E-state index contributed by atoms with van der Waals surface area (Å²) in [7, 11) is 0. The van der Waals surface area contributed by atoms with Crippen molar-refractivity contribution in [3.05, 3.63) is 63.5 Å². The van der Waals surface area contributed by atoms with Crippen LogP contribution >= 0.6 is 15.9 Å². The van der Waals surface area contributed by atoms with E-state index >= 15 is 0 Å². The van der Waals surface area contributed by atoms with Gasteiger partial charge in [0.25, 0.3) is 5.91 Å². The van der Waals surface area contributed by atoms with E-state index in [9.17, 15) is 4.79 Å². The number of nitrogens with one attached hydrogen (secondary N) is 1. The molecule has 0 spiro atoms. The van der Waals surface area contributed by atoms with Crippen molar-refractivity contribution in [1.29, 1.82) is 0 Å². The average molecular weight is 358 g/mol. The van der Waals surface area contributed by atoms with Gasteiger partial charge in [-0.15, -0.1) is 0 Å². The maximum Gasteiger partial charge on any atom is 0.274 e. The monoisotopic (exact) mass is 357 g/mol. The van der Waals surface area contributed by atoms with E-state index in [0.29, 0.717) is 11.4 Å². The van der Waals surface area contributed by atoms with Gasteiger partial charge in [0.05, 0.1) is 10.2 Å². The normalized spacial score (nSPS) is 10.9. The number of anilines is 1. The molecule has 0 aliphatic rings.